The number of hydrogen-bond donors (Lipinski definition) is 1. The number of nitriles is 1. The molecule has 1 fully saturated rings. The second-order valence-corrected chi connectivity index (χ2v) is 5.12. The van der Waals surface area contributed by atoms with Gasteiger partial charge in [0.05, 0.1) is 31.4 Å². The third-order valence-electron chi connectivity index (χ3n) is 3.88. The first-order valence-corrected chi connectivity index (χ1v) is 6.52. The molecule has 19 heavy (non-hydrogen) atoms. The van der Waals surface area contributed by atoms with Gasteiger partial charge in [0.1, 0.15) is 11.5 Å². The molecule has 4 heteroatoms. The molecule has 0 spiro atoms. The number of rotatable bonds is 5. The van der Waals surface area contributed by atoms with E-state index in [9.17, 15) is 5.26 Å². The number of benzene rings is 1. The maximum atomic E-state index is 9.25. The molecule has 1 aliphatic rings. The molecule has 0 saturated heterocycles. The third kappa shape index (κ3) is 2.60. The van der Waals surface area contributed by atoms with Crippen molar-refractivity contribution in [3.8, 4) is 17.6 Å². The zero-order chi connectivity index (χ0) is 13.9. The molecule has 0 amide bonds. The van der Waals surface area contributed by atoms with E-state index >= 15 is 0 Å². The predicted octanol–water partition coefficient (Wildman–Crippen LogP) is 3.12. The molecule has 0 aliphatic heterocycles. The maximum absolute atomic E-state index is 9.25. The Balaban J connectivity index is 2.18. The van der Waals surface area contributed by atoms with Crippen molar-refractivity contribution in [1.29, 1.82) is 5.26 Å². The summed E-state index contributed by atoms with van der Waals surface area (Å²) in [6.45, 7) is 2.68. The van der Waals surface area contributed by atoms with Crippen molar-refractivity contribution >= 4 is 5.69 Å². The van der Waals surface area contributed by atoms with Crippen molar-refractivity contribution in [3.63, 3.8) is 0 Å². The summed E-state index contributed by atoms with van der Waals surface area (Å²) in [7, 11) is 3.28. The van der Waals surface area contributed by atoms with Gasteiger partial charge in [0, 0.05) is 12.6 Å². The lowest BCUT2D eigenvalue weighted by Gasteiger charge is -2.35. The fourth-order valence-electron chi connectivity index (χ4n) is 2.42. The number of hydrogen-bond acceptors (Lipinski definition) is 4. The number of anilines is 1. The smallest absolute Gasteiger partial charge is 0.145 e. The van der Waals surface area contributed by atoms with Crippen LogP contribution in [0.1, 0.15) is 24.8 Å². The quantitative estimate of drug-likeness (QED) is 0.883. The minimum Gasteiger partial charge on any atom is -0.497 e. The molecule has 1 aliphatic carbocycles. The molecule has 0 unspecified atom stereocenters. The SMILES string of the molecule is COc1cc(C)c(NCC2(C#N)CCC2)c(OC)c1. The van der Waals surface area contributed by atoms with E-state index in [1.54, 1.807) is 14.2 Å². The fraction of sp³-hybridized carbons (Fsp3) is 0.533. The van der Waals surface area contributed by atoms with Crippen LogP contribution in [0.3, 0.4) is 0 Å². The highest BCUT2D eigenvalue weighted by molar-refractivity contribution is 5.64. The maximum Gasteiger partial charge on any atom is 0.145 e. The summed E-state index contributed by atoms with van der Waals surface area (Å²) in [5.74, 6) is 1.53. The van der Waals surface area contributed by atoms with E-state index in [0.29, 0.717) is 6.54 Å². The van der Waals surface area contributed by atoms with Crippen molar-refractivity contribution in [2.24, 2.45) is 5.41 Å². The molecule has 4 nitrogen and oxygen atoms in total. The zero-order valence-corrected chi connectivity index (χ0v) is 11.7. The Hall–Kier alpha value is -1.89. The molecule has 1 aromatic rings. The molecule has 0 aromatic heterocycles. The van der Waals surface area contributed by atoms with Gasteiger partial charge in [-0.15, -0.1) is 0 Å². The van der Waals surface area contributed by atoms with Crippen molar-refractivity contribution < 1.29 is 9.47 Å². The first-order chi connectivity index (χ1) is 9.14. The van der Waals surface area contributed by atoms with Crippen LogP contribution >= 0.6 is 0 Å². The second kappa shape index (κ2) is 5.40. The van der Waals surface area contributed by atoms with Gasteiger partial charge in [-0.1, -0.05) is 6.42 Å². The Morgan fingerprint density at radius 2 is 2.05 bits per heavy atom. The molecular formula is C15H20N2O2. The molecule has 1 aromatic carbocycles. The predicted molar refractivity (Wildman–Crippen MR) is 74.7 cm³/mol. The Labute approximate surface area is 114 Å². The number of ether oxygens (including phenoxy) is 2. The van der Waals surface area contributed by atoms with Gasteiger partial charge in [-0.2, -0.15) is 5.26 Å². The fourth-order valence-corrected chi connectivity index (χ4v) is 2.42. The summed E-state index contributed by atoms with van der Waals surface area (Å²) >= 11 is 0. The largest absolute Gasteiger partial charge is 0.497 e. The van der Waals surface area contributed by atoms with Crippen LogP contribution in [0.25, 0.3) is 0 Å². The minimum atomic E-state index is -0.197. The highest BCUT2D eigenvalue weighted by Gasteiger charge is 2.37. The van der Waals surface area contributed by atoms with Crippen LogP contribution in [-0.4, -0.2) is 20.8 Å². The Bertz CT molecular complexity index is 502. The van der Waals surface area contributed by atoms with E-state index in [4.69, 9.17) is 9.47 Å². The first kappa shape index (κ1) is 13.5. The highest BCUT2D eigenvalue weighted by atomic mass is 16.5. The first-order valence-electron chi connectivity index (χ1n) is 6.52. The van der Waals surface area contributed by atoms with Crippen LogP contribution in [-0.2, 0) is 0 Å². The molecule has 102 valence electrons. The molecule has 0 bridgehead atoms. The molecular weight excluding hydrogens is 240 g/mol. The van der Waals surface area contributed by atoms with Crippen LogP contribution in [0, 0.1) is 23.7 Å². The monoisotopic (exact) mass is 260 g/mol. The topological polar surface area (TPSA) is 54.3 Å². The minimum absolute atomic E-state index is 0.197. The molecule has 0 atom stereocenters. The molecule has 1 saturated carbocycles. The summed E-state index contributed by atoms with van der Waals surface area (Å²) < 4.78 is 10.6. The number of nitrogens with one attached hydrogen (secondary N) is 1. The van der Waals surface area contributed by atoms with E-state index in [1.165, 1.54) is 0 Å². The van der Waals surface area contributed by atoms with E-state index < -0.39 is 0 Å². The van der Waals surface area contributed by atoms with E-state index in [0.717, 1.165) is 42.0 Å². The van der Waals surface area contributed by atoms with Gasteiger partial charge in [-0.3, -0.25) is 0 Å². The summed E-state index contributed by atoms with van der Waals surface area (Å²) in [6.07, 6.45) is 3.11. The molecule has 2 rings (SSSR count). The zero-order valence-electron chi connectivity index (χ0n) is 11.7. The van der Waals surface area contributed by atoms with Gasteiger partial charge in [0.2, 0.25) is 0 Å². The summed E-state index contributed by atoms with van der Waals surface area (Å²) in [6, 6.07) is 6.26. The average molecular weight is 260 g/mol. The van der Waals surface area contributed by atoms with Gasteiger partial charge in [-0.25, -0.2) is 0 Å². The van der Waals surface area contributed by atoms with Gasteiger partial charge < -0.3 is 14.8 Å². The van der Waals surface area contributed by atoms with Gasteiger partial charge in [0.15, 0.2) is 0 Å². The van der Waals surface area contributed by atoms with E-state index in [2.05, 4.69) is 11.4 Å². The molecule has 0 heterocycles. The highest BCUT2D eigenvalue weighted by Crippen LogP contribution is 2.41. The molecule has 0 radical (unpaired) electrons. The second-order valence-electron chi connectivity index (χ2n) is 5.12. The Morgan fingerprint density at radius 1 is 1.32 bits per heavy atom. The van der Waals surface area contributed by atoms with Crippen LogP contribution < -0.4 is 14.8 Å². The van der Waals surface area contributed by atoms with Crippen LogP contribution in [0.4, 0.5) is 5.69 Å². The van der Waals surface area contributed by atoms with E-state index in [1.807, 2.05) is 19.1 Å². The van der Waals surface area contributed by atoms with Crippen LogP contribution in [0.15, 0.2) is 12.1 Å². The Morgan fingerprint density at radius 3 is 2.53 bits per heavy atom. The van der Waals surface area contributed by atoms with Crippen LogP contribution in [0.5, 0.6) is 11.5 Å². The lowest BCUT2D eigenvalue weighted by molar-refractivity contribution is 0.233. The number of aryl methyl sites for hydroxylation is 1. The van der Waals surface area contributed by atoms with Crippen LogP contribution in [0.2, 0.25) is 0 Å². The van der Waals surface area contributed by atoms with Crippen molar-refractivity contribution in [2.75, 3.05) is 26.1 Å². The third-order valence-corrected chi connectivity index (χ3v) is 3.88. The van der Waals surface area contributed by atoms with Crippen molar-refractivity contribution in [3.05, 3.63) is 17.7 Å². The lowest BCUT2D eigenvalue weighted by Crippen LogP contribution is -2.35. The van der Waals surface area contributed by atoms with Crippen molar-refractivity contribution in [1.82, 2.24) is 0 Å². The van der Waals surface area contributed by atoms with Gasteiger partial charge in [-0.05, 0) is 31.4 Å². The standard InChI is InChI=1S/C15H20N2O2/c1-11-7-12(18-2)8-13(19-3)14(11)17-10-15(9-16)5-4-6-15/h7-8,17H,4-6,10H2,1-3H3. The van der Waals surface area contributed by atoms with E-state index in [-0.39, 0.29) is 5.41 Å². The number of nitrogens with zero attached hydrogens (tertiary/aromatic N) is 1. The Kier molecular flexibility index (Phi) is 3.84. The summed E-state index contributed by atoms with van der Waals surface area (Å²) in [5.41, 5.74) is 1.81. The number of methoxy groups -OCH3 is 2. The van der Waals surface area contributed by atoms with Gasteiger partial charge >= 0.3 is 0 Å². The lowest BCUT2D eigenvalue weighted by atomic mass is 9.70. The normalized spacial score (nSPS) is 16.1. The van der Waals surface area contributed by atoms with Gasteiger partial charge in [0.25, 0.3) is 0 Å². The summed E-state index contributed by atoms with van der Waals surface area (Å²) in [4.78, 5) is 0. The average Bonchev–Trinajstić information content (AvgIpc) is 2.38. The van der Waals surface area contributed by atoms with Crippen molar-refractivity contribution in [2.45, 2.75) is 26.2 Å². The molecule has 1 N–H and O–H groups in total. The summed E-state index contributed by atoms with van der Waals surface area (Å²) in [5, 5.41) is 12.6.